The lowest BCUT2D eigenvalue weighted by Gasteiger charge is -2.15. The molecule has 1 rings (SSSR count). The Morgan fingerprint density at radius 1 is 1.69 bits per heavy atom. The van der Waals surface area contributed by atoms with Crippen LogP contribution in [0.2, 0.25) is 0 Å². The van der Waals surface area contributed by atoms with Crippen LogP contribution in [-0.4, -0.2) is 47.8 Å². The van der Waals surface area contributed by atoms with Crippen LogP contribution in [-0.2, 0) is 4.74 Å². The second-order valence-corrected chi connectivity index (χ2v) is 2.67. The van der Waals surface area contributed by atoms with Gasteiger partial charge in [0.2, 0.25) is 0 Å². The van der Waals surface area contributed by atoms with Gasteiger partial charge in [0.25, 0.3) is 0 Å². The summed E-state index contributed by atoms with van der Waals surface area (Å²) in [6.07, 6.45) is 4.67. The van der Waals surface area contributed by atoms with Gasteiger partial charge in [-0.3, -0.25) is 4.57 Å². The van der Waals surface area contributed by atoms with Gasteiger partial charge in [-0.15, -0.1) is 0 Å². The van der Waals surface area contributed by atoms with Crippen LogP contribution in [0.25, 0.3) is 0 Å². The molecule has 0 saturated heterocycles. The fourth-order valence-electron chi connectivity index (χ4n) is 0.893. The number of amides is 1. The monoisotopic (exact) mass is 183 g/mol. The molecular weight excluding hydrogens is 170 g/mol. The number of aromatic nitrogens is 2. The molecule has 0 aliphatic carbocycles. The zero-order chi connectivity index (χ0) is 9.68. The maximum absolute atomic E-state index is 11.5. The molecule has 72 valence electrons. The fourth-order valence-corrected chi connectivity index (χ4v) is 0.893. The van der Waals surface area contributed by atoms with E-state index in [1.807, 2.05) is 0 Å². The average Bonchev–Trinajstić information content (AvgIpc) is 2.65. The molecule has 0 aliphatic rings. The summed E-state index contributed by atoms with van der Waals surface area (Å²) >= 11 is 0. The number of carbonyl (C=O) groups excluding carboxylic acids is 1. The highest BCUT2D eigenvalue weighted by Crippen LogP contribution is 1.92. The number of nitrogens with zero attached hydrogens (tertiary/aromatic N) is 3. The number of carbonyl (C=O) groups is 1. The Bertz CT molecular complexity index is 258. The minimum Gasteiger partial charge on any atom is -0.383 e. The highest BCUT2D eigenvalue weighted by atomic mass is 16.5. The molecule has 0 radical (unpaired) electrons. The number of hydrogen-bond acceptors (Lipinski definition) is 3. The molecule has 1 aromatic heterocycles. The number of methoxy groups -OCH3 is 1. The zero-order valence-electron chi connectivity index (χ0n) is 7.80. The van der Waals surface area contributed by atoms with E-state index >= 15 is 0 Å². The Kier molecular flexibility index (Phi) is 3.45. The lowest BCUT2D eigenvalue weighted by Crippen LogP contribution is -2.32. The van der Waals surface area contributed by atoms with Crippen molar-refractivity contribution >= 4 is 6.03 Å². The van der Waals surface area contributed by atoms with Crippen molar-refractivity contribution in [2.75, 3.05) is 27.3 Å². The van der Waals surface area contributed by atoms with E-state index in [9.17, 15) is 4.79 Å². The Morgan fingerprint density at radius 2 is 2.46 bits per heavy atom. The predicted octanol–water partition coefficient (Wildman–Crippen LogP) is 0.429. The van der Waals surface area contributed by atoms with Gasteiger partial charge in [-0.2, -0.15) is 0 Å². The van der Waals surface area contributed by atoms with Gasteiger partial charge in [0, 0.05) is 33.1 Å². The van der Waals surface area contributed by atoms with E-state index in [1.54, 1.807) is 31.5 Å². The molecule has 0 N–H and O–H groups in total. The number of rotatable bonds is 3. The molecule has 0 aliphatic heterocycles. The van der Waals surface area contributed by atoms with Crippen molar-refractivity contribution in [1.29, 1.82) is 0 Å². The molecule has 0 fully saturated rings. The molecule has 13 heavy (non-hydrogen) atoms. The maximum Gasteiger partial charge on any atom is 0.329 e. The molecule has 5 nitrogen and oxygen atoms in total. The molecular formula is C8H13N3O2. The highest BCUT2D eigenvalue weighted by Gasteiger charge is 2.08. The van der Waals surface area contributed by atoms with Gasteiger partial charge in [0.05, 0.1) is 6.61 Å². The van der Waals surface area contributed by atoms with Crippen molar-refractivity contribution in [3.8, 4) is 0 Å². The molecule has 0 atom stereocenters. The van der Waals surface area contributed by atoms with E-state index in [2.05, 4.69) is 4.98 Å². The van der Waals surface area contributed by atoms with Crippen molar-refractivity contribution in [3.05, 3.63) is 18.7 Å². The van der Waals surface area contributed by atoms with Crippen LogP contribution in [0.1, 0.15) is 0 Å². The van der Waals surface area contributed by atoms with Gasteiger partial charge in [0.1, 0.15) is 6.33 Å². The fraction of sp³-hybridized carbons (Fsp3) is 0.500. The third kappa shape index (κ3) is 2.55. The summed E-state index contributed by atoms with van der Waals surface area (Å²) in [6, 6.07) is -0.102. The van der Waals surface area contributed by atoms with Gasteiger partial charge in [-0.1, -0.05) is 0 Å². The summed E-state index contributed by atoms with van der Waals surface area (Å²) in [4.78, 5) is 16.9. The Balaban J connectivity index is 2.48. The van der Waals surface area contributed by atoms with Gasteiger partial charge in [-0.25, -0.2) is 9.78 Å². The summed E-state index contributed by atoms with van der Waals surface area (Å²) < 4.78 is 6.29. The lowest BCUT2D eigenvalue weighted by molar-refractivity contribution is 0.160. The first-order chi connectivity index (χ1) is 6.25. The molecule has 0 unspecified atom stereocenters. The summed E-state index contributed by atoms with van der Waals surface area (Å²) in [5.41, 5.74) is 0. The molecule has 1 aromatic rings. The Labute approximate surface area is 76.9 Å². The van der Waals surface area contributed by atoms with Crippen molar-refractivity contribution in [3.63, 3.8) is 0 Å². The first kappa shape index (κ1) is 9.73. The minimum absolute atomic E-state index is 0.102. The predicted molar refractivity (Wildman–Crippen MR) is 47.5 cm³/mol. The summed E-state index contributed by atoms with van der Waals surface area (Å²) in [5, 5.41) is 0. The molecule has 1 amide bonds. The van der Waals surface area contributed by atoms with E-state index in [0.29, 0.717) is 13.2 Å². The number of hydrogen-bond donors (Lipinski definition) is 0. The first-order valence-electron chi connectivity index (χ1n) is 3.98. The van der Waals surface area contributed by atoms with Crippen molar-refractivity contribution in [2.45, 2.75) is 0 Å². The van der Waals surface area contributed by atoms with Crippen LogP contribution >= 0.6 is 0 Å². The number of ether oxygens (including phenoxy) is 1. The normalized spacial score (nSPS) is 10.0. The van der Waals surface area contributed by atoms with Crippen LogP contribution in [0.5, 0.6) is 0 Å². The average molecular weight is 183 g/mol. The highest BCUT2D eigenvalue weighted by molar-refractivity contribution is 5.76. The van der Waals surface area contributed by atoms with Gasteiger partial charge in [0.15, 0.2) is 0 Å². The quantitative estimate of drug-likeness (QED) is 0.682. The molecule has 0 spiro atoms. The summed E-state index contributed by atoms with van der Waals surface area (Å²) in [5.74, 6) is 0. The van der Waals surface area contributed by atoms with Crippen LogP contribution < -0.4 is 0 Å². The van der Waals surface area contributed by atoms with Crippen molar-refractivity contribution in [2.24, 2.45) is 0 Å². The topological polar surface area (TPSA) is 47.4 Å². The summed E-state index contributed by atoms with van der Waals surface area (Å²) in [7, 11) is 3.33. The third-order valence-corrected chi connectivity index (χ3v) is 1.68. The molecule has 0 saturated carbocycles. The smallest absolute Gasteiger partial charge is 0.329 e. The maximum atomic E-state index is 11.5. The van der Waals surface area contributed by atoms with Crippen LogP contribution in [0, 0.1) is 0 Å². The van der Waals surface area contributed by atoms with Crippen molar-refractivity contribution < 1.29 is 9.53 Å². The van der Waals surface area contributed by atoms with Crippen LogP contribution in [0.15, 0.2) is 18.7 Å². The SMILES string of the molecule is COCCN(C)C(=O)n1ccnc1. The second kappa shape index (κ2) is 4.61. The van der Waals surface area contributed by atoms with Gasteiger partial charge < -0.3 is 9.64 Å². The van der Waals surface area contributed by atoms with E-state index in [0.717, 1.165) is 0 Å². The van der Waals surface area contributed by atoms with E-state index in [4.69, 9.17) is 4.74 Å². The molecule has 1 heterocycles. The second-order valence-electron chi connectivity index (χ2n) is 2.67. The molecule has 0 aromatic carbocycles. The van der Waals surface area contributed by atoms with Gasteiger partial charge >= 0.3 is 6.03 Å². The Morgan fingerprint density at radius 3 is 3.00 bits per heavy atom. The number of likely N-dealkylation sites (N-methyl/N-ethyl adjacent to an activating group) is 1. The first-order valence-corrected chi connectivity index (χ1v) is 3.98. The zero-order valence-corrected chi connectivity index (χ0v) is 7.80. The third-order valence-electron chi connectivity index (χ3n) is 1.68. The van der Waals surface area contributed by atoms with Crippen molar-refractivity contribution in [1.82, 2.24) is 14.5 Å². The summed E-state index contributed by atoms with van der Waals surface area (Å²) in [6.45, 7) is 1.12. The standard InChI is InChI=1S/C8H13N3O2/c1-10(5-6-13-2)8(12)11-4-3-9-7-11/h3-4,7H,5-6H2,1-2H3. The Hall–Kier alpha value is -1.36. The lowest BCUT2D eigenvalue weighted by atomic mass is 10.6. The van der Waals surface area contributed by atoms with Gasteiger partial charge in [-0.05, 0) is 0 Å². The van der Waals surface area contributed by atoms with Crippen LogP contribution in [0.3, 0.4) is 0 Å². The largest absolute Gasteiger partial charge is 0.383 e. The number of imidazole rings is 1. The van der Waals surface area contributed by atoms with E-state index < -0.39 is 0 Å². The van der Waals surface area contributed by atoms with E-state index in [1.165, 1.54) is 10.9 Å². The minimum atomic E-state index is -0.102. The molecule has 0 bridgehead atoms. The van der Waals surface area contributed by atoms with E-state index in [-0.39, 0.29) is 6.03 Å². The van der Waals surface area contributed by atoms with Crippen LogP contribution in [0.4, 0.5) is 4.79 Å². The molecule has 5 heteroatoms.